The predicted octanol–water partition coefficient (Wildman–Crippen LogP) is 4.41. The standard InChI is InChI=1S/C19H16BrClN2O3/c20-13-9-17-11(7-14(13)21)8-18(19(24)25)23(17)16-4-2-1-3-12(16)15-10-26-6-5-22-15/h1-4,7-9,15,22H,5-6,10H2,(H,24,25). The third-order valence-corrected chi connectivity index (χ3v) is 5.73. The second kappa shape index (κ2) is 7.04. The zero-order valence-corrected chi connectivity index (χ0v) is 16.0. The molecule has 4 rings (SSSR count). The van der Waals surface area contributed by atoms with Crippen LogP contribution in [0.25, 0.3) is 16.6 Å². The Kier molecular flexibility index (Phi) is 4.75. The fourth-order valence-corrected chi connectivity index (χ4v) is 3.87. The van der Waals surface area contributed by atoms with E-state index in [1.54, 1.807) is 16.7 Å². The summed E-state index contributed by atoms with van der Waals surface area (Å²) in [6.07, 6.45) is 0. The number of morpholine rings is 1. The fourth-order valence-electron chi connectivity index (χ4n) is 3.37. The molecule has 5 nitrogen and oxygen atoms in total. The Labute approximate surface area is 163 Å². The fraction of sp³-hybridized carbons (Fsp3) is 0.211. The third kappa shape index (κ3) is 3.03. The molecule has 3 aromatic rings. The third-order valence-electron chi connectivity index (χ3n) is 4.54. The smallest absolute Gasteiger partial charge is 0.352 e. The minimum atomic E-state index is -0.990. The van der Waals surface area contributed by atoms with Crippen molar-refractivity contribution in [1.82, 2.24) is 9.88 Å². The van der Waals surface area contributed by atoms with Gasteiger partial charge in [-0.1, -0.05) is 29.8 Å². The van der Waals surface area contributed by atoms with E-state index in [4.69, 9.17) is 16.3 Å². The van der Waals surface area contributed by atoms with E-state index in [9.17, 15) is 9.90 Å². The van der Waals surface area contributed by atoms with Crippen molar-refractivity contribution < 1.29 is 14.6 Å². The highest BCUT2D eigenvalue weighted by Gasteiger charge is 2.23. The van der Waals surface area contributed by atoms with Crippen molar-refractivity contribution >= 4 is 44.4 Å². The molecule has 1 fully saturated rings. The Balaban J connectivity index is 1.98. The molecule has 1 atom stereocenters. The molecule has 134 valence electrons. The Bertz CT molecular complexity index is 996. The van der Waals surface area contributed by atoms with E-state index in [1.807, 2.05) is 30.3 Å². The van der Waals surface area contributed by atoms with E-state index < -0.39 is 5.97 Å². The summed E-state index contributed by atoms with van der Waals surface area (Å²) in [4.78, 5) is 11.9. The van der Waals surface area contributed by atoms with E-state index >= 15 is 0 Å². The monoisotopic (exact) mass is 434 g/mol. The lowest BCUT2D eigenvalue weighted by Gasteiger charge is -2.26. The number of nitrogens with one attached hydrogen (secondary N) is 1. The maximum Gasteiger partial charge on any atom is 0.352 e. The van der Waals surface area contributed by atoms with Crippen molar-refractivity contribution in [3.63, 3.8) is 0 Å². The summed E-state index contributed by atoms with van der Waals surface area (Å²) in [7, 11) is 0. The molecule has 0 radical (unpaired) electrons. The van der Waals surface area contributed by atoms with Crippen molar-refractivity contribution in [2.75, 3.05) is 19.8 Å². The van der Waals surface area contributed by atoms with Gasteiger partial charge in [0.05, 0.1) is 35.5 Å². The van der Waals surface area contributed by atoms with Gasteiger partial charge in [-0.3, -0.25) is 0 Å². The van der Waals surface area contributed by atoms with Crippen LogP contribution in [0.3, 0.4) is 0 Å². The summed E-state index contributed by atoms with van der Waals surface area (Å²) < 4.78 is 8.09. The number of hydrogen-bond donors (Lipinski definition) is 2. The first-order valence-electron chi connectivity index (χ1n) is 8.20. The van der Waals surface area contributed by atoms with Crippen LogP contribution in [0.2, 0.25) is 5.02 Å². The van der Waals surface area contributed by atoms with Crippen molar-refractivity contribution in [1.29, 1.82) is 0 Å². The van der Waals surface area contributed by atoms with Crippen LogP contribution in [0.4, 0.5) is 0 Å². The molecule has 1 unspecified atom stereocenters. The Morgan fingerprint density at radius 3 is 2.85 bits per heavy atom. The normalized spacial score (nSPS) is 17.5. The molecule has 2 N–H and O–H groups in total. The number of aromatic nitrogens is 1. The van der Waals surface area contributed by atoms with Crippen LogP contribution >= 0.6 is 27.5 Å². The highest BCUT2D eigenvalue weighted by atomic mass is 79.9. The van der Waals surface area contributed by atoms with Crippen LogP contribution in [-0.2, 0) is 4.74 Å². The second-order valence-corrected chi connectivity index (χ2v) is 7.40. The van der Waals surface area contributed by atoms with Gasteiger partial charge in [0.15, 0.2) is 0 Å². The number of fused-ring (bicyclic) bond motifs is 1. The summed E-state index contributed by atoms with van der Waals surface area (Å²) >= 11 is 9.64. The van der Waals surface area contributed by atoms with Gasteiger partial charge in [-0.25, -0.2) is 4.79 Å². The van der Waals surface area contributed by atoms with E-state index in [0.717, 1.165) is 33.2 Å². The van der Waals surface area contributed by atoms with Crippen LogP contribution in [0.1, 0.15) is 22.1 Å². The van der Waals surface area contributed by atoms with Gasteiger partial charge in [0, 0.05) is 16.4 Å². The maximum absolute atomic E-state index is 11.9. The largest absolute Gasteiger partial charge is 0.477 e. The Morgan fingerprint density at radius 1 is 1.31 bits per heavy atom. The summed E-state index contributed by atoms with van der Waals surface area (Å²) in [6, 6.07) is 13.1. The first-order valence-corrected chi connectivity index (χ1v) is 9.37. The van der Waals surface area contributed by atoms with E-state index in [1.165, 1.54) is 0 Å². The van der Waals surface area contributed by atoms with Crippen molar-refractivity contribution in [2.45, 2.75) is 6.04 Å². The van der Waals surface area contributed by atoms with E-state index in [-0.39, 0.29) is 11.7 Å². The number of rotatable bonds is 3. The zero-order valence-electron chi connectivity index (χ0n) is 13.7. The number of aromatic carboxylic acids is 1. The first kappa shape index (κ1) is 17.5. The van der Waals surface area contributed by atoms with Crippen LogP contribution in [0.5, 0.6) is 0 Å². The van der Waals surface area contributed by atoms with Crippen molar-refractivity contribution in [2.24, 2.45) is 0 Å². The van der Waals surface area contributed by atoms with Gasteiger partial charge in [0.25, 0.3) is 0 Å². The van der Waals surface area contributed by atoms with Gasteiger partial charge in [-0.2, -0.15) is 0 Å². The molecule has 0 saturated carbocycles. The molecular formula is C19H16BrClN2O3. The van der Waals surface area contributed by atoms with Crippen LogP contribution < -0.4 is 5.32 Å². The number of carboxylic acid groups (broad SMARTS) is 1. The molecule has 7 heteroatoms. The van der Waals surface area contributed by atoms with Crippen molar-refractivity contribution in [3.8, 4) is 5.69 Å². The highest BCUT2D eigenvalue weighted by Crippen LogP contribution is 2.34. The minimum Gasteiger partial charge on any atom is -0.477 e. The van der Waals surface area contributed by atoms with Crippen LogP contribution in [0.15, 0.2) is 46.9 Å². The average molecular weight is 436 g/mol. The van der Waals surface area contributed by atoms with Gasteiger partial charge >= 0.3 is 5.97 Å². The van der Waals surface area contributed by atoms with E-state index in [0.29, 0.717) is 18.2 Å². The van der Waals surface area contributed by atoms with Gasteiger partial charge in [-0.15, -0.1) is 0 Å². The lowest BCUT2D eigenvalue weighted by Crippen LogP contribution is -2.35. The van der Waals surface area contributed by atoms with E-state index in [2.05, 4.69) is 21.2 Å². The summed E-state index contributed by atoms with van der Waals surface area (Å²) in [5.41, 5.74) is 2.79. The first-order chi connectivity index (χ1) is 12.6. The van der Waals surface area contributed by atoms with Gasteiger partial charge in [0.2, 0.25) is 0 Å². The molecule has 2 heterocycles. The number of nitrogens with zero attached hydrogens (tertiary/aromatic N) is 1. The minimum absolute atomic E-state index is 0.00906. The molecule has 26 heavy (non-hydrogen) atoms. The second-order valence-electron chi connectivity index (χ2n) is 6.14. The van der Waals surface area contributed by atoms with Crippen molar-refractivity contribution in [3.05, 3.63) is 63.2 Å². The van der Waals surface area contributed by atoms with Crippen LogP contribution in [-0.4, -0.2) is 35.4 Å². The Hall–Kier alpha value is -1.86. The SMILES string of the molecule is O=C(O)c1cc2cc(Cl)c(Br)cc2n1-c1ccccc1C1COCCN1. The quantitative estimate of drug-likeness (QED) is 0.640. The predicted molar refractivity (Wildman–Crippen MR) is 105 cm³/mol. The van der Waals surface area contributed by atoms with Gasteiger partial charge in [0.1, 0.15) is 5.69 Å². The number of halogens is 2. The number of hydrogen-bond acceptors (Lipinski definition) is 3. The molecule has 1 aliphatic rings. The molecule has 0 amide bonds. The molecular weight excluding hydrogens is 420 g/mol. The number of benzene rings is 2. The molecule has 0 spiro atoms. The summed E-state index contributed by atoms with van der Waals surface area (Å²) in [5, 5.41) is 14.5. The zero-order chi connectivity index (χ0) is 18.3. The average Bonchev–Trinajstić information content (AvgIpc) is 3.01. The number of carbonyl (C=O) groups is 1. The maximum atomic E-state index is 11.9. The number of carboxylic acids is 1. The van der Waals surface area contributed by atoms with Gasteiger partial charge < -0.3 is 19.7 Å². The molecule has 1 aromatic heterocycles. The summed E-state index contributed by atoms with van der Waals surface area (Å²) in [6.45, 7) is 1.99. The topological polar surface area (TPSA) is 63.5 Å². The molecule has 0 aliphatic carbocycles. The molecule has 0 bridgehead atoms. The van der Waals surface area contributed by atoms with Gasteiger partial charge in [-0.05, 0) is 45.8 Å². The number of para-hydroxylation sites is 1. The molecule has 1 aliphatic heterocycles. The molecule has 1 saturated heterocycles. The lowest BCUT2D eigenvalue weighted by molar-refractivity contribution is 0.0688. The molecule has 2 aromatic carbocycles. The highest BCUT2D eigenvalue weighted by molar-refractivity contribution is 9.10. The lowest BCUT2D eigenvalue weighted by atomic mass is 10.0. The Morgan fingerprint density at radius 2 is 2.12 bits per heavy atom. The van der Waals surface area contributed by atoms with Crippen LogP contribution in [0, 0.1) is 0 Å². The summed E-state index contributed by atoms with van der Waals surface area (Å²) in [5.74, 6) is -0.990. The number of ether oxygens (including phenoxy) is 1.